The highest BCUT2D eigenvalue weighted by Gasteiger charge is 2.54. The van der Waals surface area contributed by atoms with E-state index in [1.165, 1.54) is 12.8 Å². The Morgan fingerprint density at radius 3 is 2.63 bits per heavy atom. The first-order valence-corrected chi connectivity index (χ1v) is 11.3. The number of rotatable bonds is 5. The van der Waals surface area contributed by atoms with Crippen molar-refractivity contribution in [3.63, 3.8) is 0 Å². The third-order valence-corrected chi connectivity index (χ3v) is 7.85. The van der Waals surface area contributed by atoms with Crippen LogP contribution in [0.5, 0.6) is 0 Å². The van der Waals surface area contributed by atoms with Gasteiger partial charge in [-0.3, -0.25) is 9.78 Å². The number of Topliss-reactive ketones (excluding diaryl/α,β-unsaturated/α-hetero) is 1. The van der Waals surface area contributed by atoms with Crippen LogP contribution in [-0.2, 0) is 12.8 Å². The number of fused-ring (bicyclic) bond motifs is 1. The number of carbonyl (C=O) groups is 1. The lowest BCUT2D eigenvalue weighted by molar-refractivity contribution is -0.129. The molecule has 1 heterocycles. The summed E-state index contributed by atoms with van der Waals surface area (Å²) in [6.07, 6.45) is 12.4. The molecule has 2 aromatic rings. The Labute approximate surface area is 177 Å². The maximum Gasteiger partial charge on any atom is 0.170 e. The van der Waals surface area contributed by atoms with Gasteiger partial charge in [-0.2, -0.15) is 0 Å². The van der Waals surface area contributed by atoms with Crippen molar-refractivity contribution in [1.82, 2.24) is 4.98 Å². The molecule has 5 aliphatic carbocycles. The lowest BCUT2D eigenvalue weighted by Crippen LogP contribution is -2.59. The van der Waals surface area contributed by atoms with Gasteiger partial charge in [-0.25, -0.2) is 0 Å². The predicted octanol–water partition coefficient (Wildman–Crippen LogP) is 4.43. The third kappa shape index (κ3) is 3.01. The topological polar surface area (TPSA) is 62.2 Å². The summed E-state index contributed by atoms with van der Waals surface area (Å²) in [5.74, 6) is 1.77. The van der Waals surface area contributed by atoms with Gasteiger partial charge in [-0.15, -0.1) is 0 Å². The average molecular weight is 401 g/mol. The van der Waals surface area contributed by atoms with Crippen LogP contribution in [-0.4, -0.2) is 27.5 Å². The Kier molecular flexibility index (Phi) is 4.14. The Bertz CT molecular complexity index is 1010. The van der Waals surface area contributed by atoms with E-state index in [2.05, 4.69) is 22.5 Å². The Morgan fingerprint density at radius 1 is 1.13 bits per heavy atom. The number of aliphatic hydroxyl groups is 1. The van der Waals surface area contributed by atoms with E-state index in [9.17, 15) is 9.90 Å². The molecule has 4 saturated carbocycles. The average Bonchev–Trinajstić information content (AvgIpc) is 3.19. The fourth-order valence-corrected chi connectivity index (χ4v) is 6.82. The molecule has 1 aromatic heterocycles. The smallest absolute Gasteiger partial charge is 0.170 e. The van der Waals surface area contributed by atoms with Crippen molar-refractivity contribution in [1.29, 1.82) is 0 Å². The van der Waals surface area contributed by atoms with Crippen LogP contribution >= 0.6 is 0 Å². The zero-order valence-corrected chi connectivity index (χ0v) is 17.2. The van der Waals surface area contributed by atoms with Gasteiger partial charge >= 0.3 is 0 Å². The van der Waals surface area contributed by atoms with Gasteiger partial charge in [-0.1, -0.05) is 42.5 Å². The minimum atomic E-state index is -0.444. The number of hydrogen-bond acceptors (Lipinski definition) is 4. The Hall–Kier alpha value is -2.46. The number of nitrogens with zero attached hydrogens (tertiary/aromatic N) is 1. The largest absolute Gasteiger partial charge is 0.390 e. The lowest BCUT2D eigenvalue weighted by atomic mass is 9.52. The van der Waals surface area contributed by atoms with Crippen molar-refractivity contribution in [3.05, 3.63) is 65.0 Å². The second kappa shape index (κ2) is 6.78. The van der Waals surface area contributed by atoms with E-state index in [0.29, 0.717) is 35.8 Å². The van der Waals surface area contributed by atoms with Crippen LogP contribution in [0, 0.1) is 17.8 Å². The maximum absolute atomic E-state index is 13.3. The maximum atomic E-state index is 13.3. The van der Waals surface area contributed by atoms with Gasteiger partial charge in [0.1, 0.15) is 0 Å². The van der Waals surface area contributed by atoms with E-state index in [4.69, 9.17) is 0 Å². The summed E-state index contributed by atoms with van der Waals surface area (Å²) in [6.45, 7) is 0. The Balaban J connectivity index is 1.34. The zero-order valence-electron chi connectivity index (χ0n) is 17.2. The number of hydrogen-bond donors (Lipinski definition) is 2. The molecule has 5 aliphatic rings. The quantitative estimate of drug-likeness (QED) is 0.729. The number of allylic oxidation sites excluding steroid dienone is 1. The standard InChI is InChI=1S/C26H28N2O2/c29-23(11-16-5-2-1-3-6-16)21-15-27-22-8-4-7-20(22)25(21)28-24-18-9-17-10-19(24)14-26(30,12-17)13-18/h1-7,15,17-19,24,30H,8-14H2,(H,27,28). The van der Waals surface area contributed by atoms with Crippen molar-refractivity contribution < 1.29 is 9.90 Å². The van der Waals surface area contributed by atoms with Gasteiger partial charge in [0.15, 0.2) is 5.78 Å². The molecule has 4 nitrogen and oxygen atoms in total. The molecule has 154 valence electrons. The molecule has 0 amide bonds. The zero-order chi connectivity index (χ0) is 20.3. The molecule has 0 radical (unpaired) electrons. The summed E-state index contributed by atoms with van der Waals surface area (Å²) in [4.78, 5) is 17.9. The van der Waals surface area contributed by atoms with Crippen LogP contribution in [0.4, 0.5) is 5.69 Å². The summed E-state index contributed by atoms with van der Waals surface area (Å²) < 4.78 is 0. The first-order valence-electron chi connectivity index (χ1n) is 11.3. The van der Waals surface area contributed by atoms with Crippen molar-refractivity contribution >= 4 is 17.5 Å². The number of benzene rings is 1. The summed E-state index contributed by atoms with van der Waals surface area (Å²) in [6, 6.07) is 10.3. The number of carbonyl (C=O) groups excluding carboxylic acids is 1. The highest BCUT2D eigenvalue weighted by Crippen LogP contribution is 2.56. The van der Waals surface area contributed by atoms with Crippen molar-refractivity contribution in [2.24, 2.45) is 17.8 Å². The fraction of sp³-hybridized carbons (Fsp3) is 0.462. The molecule has 4 heteroatoms. The van der Waals surface area contributed by atoms with Crippen molar-refractivity contribution in [3.8, 4) is 0 Å². The van der Waals surface area contributed by atoms with Gasteiger partial charge in [-0.05, 0) is 55.4 Å². The molecule has 1 aromatic carbocycles. The number of anilines is 1. The first kappa shape index (κ1) is 18.3. The van der Waals surface area contributed by atoms with E-state index in [1.54, 1.807) is 6.20 Å². The molecule has 4 fully saturated rings. The molecule has 0 aliphatic heterocycles. The van der Waals surface area contributed by atoms with E-state index >= 15 is 0 Å². The third-order valence-electron chi connectivity index (χ3n) is 7.85. The van der Waals surface area contributed by atoms with E-state index in [0.717, 1.165) is 48.2 Å². The molecule has 4 bridgehead atoms. The molecular weight excluding hydrogens is 372 g/mol. The highest BCUT2D eigenvalue weighted by molar-refractivity contribution is 6.04. The second-order valence-corrected chi connectivity index (χ2v) is 9.96. The van der Waals surface area contributed by atoms with Crippen LogP contribution in [0.2, 0.25) is 0 Å². The van der Waals surface area contributed by atoms with Crippen LogP contribution in [0.1, 0.15) is 59.3 Å². The Morgan fingerprint density at radius 2 is 1.90 bits per heavy atom. The lowest BCUT2D eigenvalue weighted by Gasteiger charge is -2.58. The van der Waals surface area contributed by atoms with Gasteiger partial charge in [0.2, 0.25) is 0 Å². The number of ketones is 1. The van der Waals surface area contributed by atoms with Gasteiger partial charge in [0.05, 0.1) is 22.5 Å². The molecule has 0 spiro atoms. The minimum Gasteiger partial charge on any atom is -0.390 e. The molecule has 2 unspecified atom stereocenters. The molecule has 7 rings (SSSR count). The summed E-state index contributed by atoms with van der Waals surface area (Å²) in [7, 11) is 0. The molecule has 0 saturated heterocycles. The van der Waals surface area contributed by atoms with Crippen LogP contribution in [0.15, 0.2) is 42.6 Å². The van der Waals surface area contributed by atoms with E-state index in [1.807, 2.05) is 30.3 Å². The second-order valence-electron chi connectivity index (χ2n) is 9.96. The van der Waals surface area contributed by atoms with Gasteiger partial charge in [0, 0.05) is 30.6 Å². The SMILES string of the molecule is O=C(Cc1ccccc1)c1cnc2c(c1NC1C3CC4CC1CC(O)(C4)C3)C=CC2. The molecule has 2 N–H and O–H groups in total. The van der Waals surface area contributed by atoms with Gasteiger partial charge in [0.25, 0.3) is 0 Å². The van der Waals surface area contributed by atoms with Crippen molar-refractivity contribution in [2.75, 3.05) is 5.32 Å². The van der Waals surface area contributed by atoms with E-state index < -0.39 is 5.60 Å². The van der Waals surface area contributed by atoms with Crippen LogP contribution < -0.4 is 5.32 Å². The minimum absolute atomic E-state index is 0.113. The highest BCUT2D eigenvalue weighted by atomic mass is 16.3. The number of pyridine rings is 1. The molecule has 2 atom stereocenters. The monoisotopic (exact) mass is 400 g/mol. The normalized spacial score (nSPS) is 33.0. The summed E-state index contributed by atoms with van der Waals surface area (Å²) >= 11 is 0. The van der Waals surface area contributed by atoms with Gasteiger partial charge < -0.3 is 10.4 Å². The van der Waals surface area contributed by atoms with E-state index in [-0.39, 0.29) is 5.78 Å². The van der Waals surface area contributed by atoms with Crippen LogP contribution in [0.25, 0.3) is 6.08 Å². The molecular formula is C26H28N2O2. The van der Waals surface area contributed by atoms with Crippen LogP contribution in [0.3, 0.4) is 0 Å². The number of aromatic nitrogens is 1. The summed E-state index contributed by atoms with van der Waals surface area (Å²) in [5, 5.41) is 14.8. The van der Waals surface area contributed by atoms with Crippen molar-refractivity contribution in [2.45, 2.75) is 56.6 Å². The summed E-state index contributed by atoms with van der Waals surface area (Å²) in [5.41, 5.74) is 4.40. The predicted molar refractivity (Wildman–Crippen MR) is 117 cm³/mol. The molecule has 30 heavy (non-hydrogen) atoms. The fourth-order valence-electron chi connectivity index (χ4n) is 6.82. The first-order chi connectivity index (χ1) is 14.6. The number of nitrogens with one attached hydrogen (secondary N) is 1.